The molecule has 1 aliphatic rings. The van der Waals surface area contributed by atoms with Crippen LogP contribution < -0.4 is 16.0 Å². The molecular weight excluding hydrogens is 487 g/mol. The van der Waals surface area contributed by atoms with E-state index in [9.17, 15) is 18.0 Å². The molecule has 1 amide bonds. The quantitative estimate of drug-likeness (QED) is 0.356. The van der Waals surface area contributed by atoms with Crippen molar-refractivity contribution in [2.24, 2.45) is 5.92 Å². The Hall–Kier alpha value is -3.37. The molecule has 0 saturated heterocycles. The molecule has 0 bridgehead atoms. The predicted molar refractivity (Wildman–Crippen MR) is 136 cm³/mol. The van der Waals surface area contributed by atoms with E-state index in [4.69, 9.17) is 9.90 Å². The molecule has 0 radical (unpaired) electrons. The van der Waals surface area contributed by atoms with Crippen molar-refractivity contribution in [3.05, 3.63) is 47.2 Å². The first-order valence-corrected chi connectivity index (χ1v) is 12.4. The SMILES string of the molecule is Cc1cc(N[C@@H](CC(C)C)C(=O)NC2CCCC2)nc(NCc2ccccc2C)n1.O=C(O)C(F)(F)F. The molecule has 4 N–H and O–H groups in total. The summed E-state index contributed by atoms with van der Waals surface area (Å²) in [4.78, 5) is 31.0. The van der Waals surface area contributed by atoms with Crippen molar-refractivity contribution < 1.29 is 27.9 Å². The normalized spacial score (nSPS) is 14.5. The highest BCUT2D eigenvalue weighted by Crippen LogP contribution is 2.20. The Balaban J connectivity index is 0.000000604. The third kappa shape index (κ3) is 10.6. The number of hydrogen-bond acceptors (Lipinski definition) is 6. The van der Waals surface area contributed by atoms with Crippen LogP contribution in [0.25, 0.3) is 0 Å². The van der Waals surface area contributed by atoms with Crippen LogP contribution in [0.1, 0.15) is 62.8 Å². The summed E-state index contributed by atoms with van der Waals surface area (Å²) in [5, 5.41) is 17.0. The fraction of sp³-hybridized carbons (Fsp3) is 0.538. The number of amides is 1. The van der Waals surface area contributed by atoms with Gasteiger partial charge in [-0.1, -0.05) is 51.0 Å². The van der Waals surface area contributed by atoms with Gasteiger partial charge in [0.2, 0.25) is 11.9 Å². The van der Waals surface area contributed by atoms with Crippen LogP contribution in [0.2, 0.25) is 0 Å². The van der Waals surface area contributed by atoms with Gasteiger partial charge in [-0.15, -0.1) is 0 Å². The van der Waals surface area contributed by atoms with Crippen LogP contribution in [0.15, 0.2) is 30.3 Å². The maximum Gasteiger partial charge on any atom is 0.490 e. The standard InChI is InChI=1S/C24H35N5O.C2HF3O2/c1-16(2)13-21(23(30)27-20-11-7-8-12-20)28-22-14-18(4)26-24(29-22)25-15-19-10-6-5-9-17(19)3;3-2(4,5)1(6)7/h5-6,9-10,14,16,20-21H,7-8,11-13,15H2,1-4H3,(H,27,30)(H2,25,26,28,29);(H,6,7)/t21-;/m0./s1. The minimum atomic E-state index is -5.08. The van der Waals surface area contributed by atoms with Crippen LogP contribution in [0.5, 0.6) is 0 Å². The second-order valence-corrected chi connectivity index (χ2v) is 9.62. The largest absolute Gasteiger partial charge is 0.490 e. The first kappa shape index (κ1) is 29.9. The summed E-state index contributed by atoms with van der Waals surface area (Å²) in [7, 11) is 0. The summed E-state index contributed by atoms with van der Waals surface area (Å²) in [6.07, 6.45) is 0.246. The molecule has 8 nitrogen and oxygen atoms in total. The van der Waals surface area contributed by atoms with E-state index in [1.807, 2.05) is 25.1 Å². The van der Waals surface area contributed by atoms with E-state index in [0.29, 0.717) is 30.3 Å². The van der Waals surface area contributed by atoms with E-state index in [2.05, 4.69) is 58.8 Å². The molecule has 1 aromatic heterocycles. The number of rotatable bonds is 9. The highest BCUT2D eigenvalue weighted by atomic mass is 19.4. The molecule has 204 valence electrons. The topological polar surface area (TPSA) is 116 Å². The van der Waals surface area contributed by atoms with Gasteiger partial charge in [0, 0.05) is 24.3 Å². The van der Waals surface area contributed by atoms with Gasteiger partial charge in [0.1, 0.15) is 11.9 Å². The predicted octanol–water partition coefficient (Wildman–Crippen LogP) is 5.22. The van der Waals surface area contributed by atoms with Crippen LogP contribution in [0.3, 0.4) is 0 Å². The molecule has 1 atom stereocenters. The Bertz CT molecular complexity index is 1040. The number of carboxylic acid groups (broad SMARTS) is 1. The lowest BCUT2D eigenvalue weighted by Crippen LogP contribution is -2.44. The number of halogens is 3. The van der Waals surface area contributed by atoms with Gasteiger partial charge in [0.15, 0.2) is 0 Å². The van der Waals surface area contributed by atoms with Crippen molar-refractivity contribution in [3.63, 3.8) is 0 Å². The van der Waals surface area contributed by atoms with E-state index < -0.39 is 12.1 Å². The number of carbonyl (C=O) groups is 2. The van der Waals surface area contributed by atoms with Gasteiger partial charge in [0.25, 0.3) is 0 Å². The number of carbonyl (C=O) groups excluding carboxylic acids is 1. The van der Waals surface area contributed by atoms with Crippen molar-refractivity contribution in [3.8, 4) is 0 Å². The summed E-state index contributed by atoms with van der Waals surface area (Å²) in [5.41, 5.74) is 3.31. The Morgan fingerprint density at radius 2 is 1.73 bits per heavy atom. The number of anilines is 2. The molecule has 0 unspecified atom stereocenters. The first-order chi connectivity index (χ1) is 17.3. The van der Waals surface area contributed by atoms with Gasteiger partial charge < -0.3 is 21.1 Å². The van der Waals surface area contributed by atoms with Gasteiger partial charge in [-0.05, 0) is 50.2 Å². The fourth-order valence-electron chi connectivity index (χ4n) is 3.96. The molecule has 11 heteroatoms. The molecule has 1 saturated carbocycles. The van der Waals surface area contributed by atoms with Crippen molar-refractivity contribution in [1.82, 2.24) is 15.3 Å². The van der Waals surface area contributed by atoms with Crippen LogP contribution in [0, 0.1) is 19.8 Å². The van der Waals surface area contributed by atoms with E-state index in [0.717, 1.165) is 25.0 Å². The van der Waals surface area contributed by atoms with Gasteiger partial charge in [0.05, 0.1) is 0 Å². The lowest BCUT2D eigenvalue weighted by atomic mass is 10.0. The molecular formula is C26H36F3N5O3. The summed E-state index contributed by atoms with van der Waals surface area (Å²) in [5.74, 6) is -1.03. The highest BCUT2D eigenvalue weighted by Gasteiger charge is 2.38. The maximum absolute atomic E-state index is 12.9. The molecule has 1 heterocycles. The molecule has 0 aliphatic heterocycles. The van der Waals surface area contributed by atoms with Gasteiger partial charge in [-0.25, -0.2) is 9.78 Å². The Labute approximate surface area is 215 Å². The van der Waals surface area contributed by atoms with Crippen LogP contribution >= 0.6 is 0 Å². The number of alkyl halides is 3. The van der Waals surface area contributed by atoms with E-state index in [-0.39, 0.29) is 11.9 Å². The lowest BCUT2D eigenvalue weighted by molar-refractivity contribution is -0.192. The zero-order valence-corrected chi connectivity index (χ0v) is 21.7. The molecule has 1 aliphatic carbocycles. The third-order valence-electron chi connectivity index (χ3n) is 5.84. The summed E-state index contributed by atoms with van der Waals surface area (Å²) >= 11 is 0. The monoisotopic (exact) mass is 523 g/mol. The summed E-state index contributed by atoms with van der Waals surface area (Å²) in [6.45, 7) is 8.98. The van der Waals surface area contributed by atoms with E-state index in [1.54, 1.807) is 0 Å². The number of hydrogen-bond donors (Lipinski definition) is 4. The van der Waals surface area contributed by atoms with Gasteiger partial charge in [-0.2, -0.15) is 18.2 Å². The zero-order valence-electron chi connectivity index (χ0n) is 21.7. The molecule has 37 heavy (non-hydrogen) atoms. The number of nitrogens with zero attached hydrogens (tertiary/aromatic N) is 2. The van der Waals surface area contributed by atoms with Crippen molar-refractivity contribution in [2.45, 2.75) is 84.6 Å². The van der Waals surface area contributed by atoms with Crippen LogP contribution in [0.4, 0.5) is 24.9 Å². The van der Waals surface area contributed by atoms with Gasteiger partial charge in [-0.3, -0.25) is 4.79 Å². The van der Waals surface area contributed by atoms with Crippen molar-refractivity contribution in [1.29, 1.82) is 0 Å². The second kappa shape index (κ2) is 13.8. The fourth-order valence-corrected chi connectivity index (χ4v) is 3.96. The maximum atomic E-state index is 12.9. The van der Waals surface area contributed by atoms with Crippen LogP contribution in [-0.2, 0) is 16.1 Å². The smallest absolute Gasteiger partial charge is 0.475 e. The van der Waals surface area contributed by atoms with Gasteiger partial charge >= 0.3 is 12.1 Å². The molecule has 0 spiro atoms. The number of nitrogens with one attached hydrogen (secondary N) is 3. The molecule has 2 aromatic rings. The summed E-state index contributed by atoms with van der Waals surface area (Å²) in [6, 6.07) is 10.2. The molecule has 3 rings (SSSR count). The average Bonchev–Trinajstić information content (AvgIpc) is 3.30. The van der Waals surface area contributed by atoms with Crippen molar-refractivity contribution in [2.75, 3.05) is 10.6 Å². The number of aromatic nitrogens is 2. The lowest BCUT2D eigenvalue weighted by Gasteiger charge is -2.23. The van der Waals surface area contributed by atoms with Crippen LogP contribution in [-0.4, -0.2) is 45.2 Å². The minimum absolute atomic E-state index is 0.0706. The van der Waals surface area contributed by atoms with Crippen molar-refractivity contribution >= 4 is 23.6 Å². The zero-order chi connectivity index (χ0) is 27.6. The van der Waals surface area contributed by atoms with E-state index >= 15 is 0 Å². The Morgan fingerprint density at radius 3 is 2.30 bits per heavy atom. The first-order valence-electron chi connectivity index (χ1n) is 12.4. The molecule has 1 aromatic carbocycles. The third-order valence-corrected chi connectivity index (χ3v) is 5.84. The average molecular weight is 524 g/mol. The number of aliphatic carboxylic acids is 1. The molecule has 1 fully saturated rings. The minimum Gasteiger partial charge on any atom is -0.475 e. The Morgan fingerprint density at radius 1 is 1.11 bits per heavy atom. The highest BCUT2D eigenvalue weighted by molar-refractivity contribution is 5.84. The number of benzene rings is 1. The number of aryl methyl sites for hydroxylation is 2. The Kier molecular flexibility index (Phi) is 11.1. The second-order valence-electron chi connectivity index (χ2n) is 9.62. The number of carboxylic acids is 1. The van der Waals surface area contributed by atoms with E-state index in [1.165, 1.54) is 24.0 Å². The summed E-state index contributed by atoms with van der Waals surface area (Å²) < 4.78 is 31.7.